The lowest BCUT2D eigenvalue weighted by Crippen LogP contribution is -1.98. The minimum Gasteiger partial charge on any atom is -0.0990 e. The number of rotatable bonds is 5. The third kappa shape index (κ3) is 2.30. The molecule has 0 heterocycles. The van der Waals surface area contributed by atoms with Crippen LogP contribution in [0.1, 0.15) is 16.7 Å². The Labute approximate surface area is 161 Å². The molecule has 4 rings (SSSR count). The molecular formula is C27H22. The van der Waals surface area contributed by atoms with Gasteiger partial charge in [-0.15, -0.1) is 0 Å². The Bertz CT molecular complexity index is 1180. The van der Waals surface area contributed by atoms with Crippen molar-refractivity contribution in [3.8, 4) is 22.3 Å². The predicted octanol–water partition coefficient (Wildman–Crippen LogP) is 7.75. The number of aryl methyl sites for hydroxylation is 1. The summed E-state index contributed by atoms with van der Waals surface area (Å²) in [5.41, 5.74) is 10.5. The topological polar surface area (TPSA) is 0 Å². The highest BCUT2D eigenvalue weighted by Gasteiger charge is 2.27. The molecule has 0 nitrogen and oxygen atoms in total. The van der Waals surface area contributed by atoms with E-state index in [9.17, 15) is 0 Å². The van der Waals surface area contributed by atoms with Gasteiger partial charge in [0, 0.05) is 0 Å². The fourth-order valence-corrected chi connectivity index (χ4v) is 4.33. The summed E-state index contributed by atoms with van der Waals surface area (Å²) < 4.78 is 0. The van der Waals surface area contributed by atoms with E-state index in [4.69, 9.17) is 0 Å². The molecule has 0 saturated carbocycles. The van der Waals surface area contributed by atoms with E-state index in [0.29, 0.717) is 0 Å². The smallest absolute Gasteiger partial charge is 0.00141 e. The zero-order valence-electron chi connectivity index (χ0n) is 15.7. The van der Waals surface area contributed by atoms with E-state index in [-0.39, 0.29) is 0 Å². The van der Waals surface area contributed by atoms with Gasteiger partial charge in [0.05, 0.1) is 0 Å². The Balaban J connectivity index is 2.18. The minimum atomic E-state index is 0.949. The Morgan fingerprint density at radius 2 is 1.59 bits per heavy atom. The van der Waals surface area contributed by atoms with Gasteiger partial charge in [0.2, 0.25) is 0 Å². The number of benzene rings is 3. The molecular weight excluding hydrogens is 324 g/mol. The van der Waals surface area contributed by atoms with Gasteiger partial charge in [0.25, 0.3) is 0 Å². The SMILES string of the molecule is C=C/C=C(\C=C)C(=C)c1c(C=C)c2c3c(cccc3c1C)-c1ccccc1-2. The van der Waals surface area contributed by atoms with E-state index in [1.165, 1.54) is 38.6 Å². The van der Waals surface area contributed by atoms with Crippen LogP contribution in [0, 0.1) is 6.92 Å². The predicted molar refractivity (Wildman–Crippen MR) is 121 cm³/mol. The Hall–Kier alpha value is -3.38. The van der Waals surface area contributed by atoms with Crippen molar-refractivity contribution in [2.75, 3.05) is 0 Å². The summed E-state index contributed by atoms with van der Waals surface area (Å²) >= 11 is 0. The average molecular weight is 346 g/mol. The molecule has 27 heavy (non-hydrogen) atoms. The van der Waals surface area contributed by atoms with Gasteiger partial charge in [-0.25, -0.2) is 0 Å². The summed E-state index contributed by atoms with van der Waals surface area (Å²) in [4.78, 5) is 0. The summed E-state index contributed by atoms with van der Waals surface area (Å²) in [7, 11) is 0. The number of hydrogen-bond donors (Lipinski definition) is 0. The lowest BCUT2D eigenvalue weighted by atomic mass is 9.84. The maximum atomic E-state index is 4.40. The van der Waals surface area contributed by atoms with Crippen molar-refractivity contribution in [1.82, 2.24) is 0 Å². The molecule has 0 radical (unpaired) electrons. The summed E-state index contributed by atoms with van der Waals surface area (Å²) in [5, 5.41) is 2.58. The van der Waals surface area contributed by atoms with Crippen LogP contribution in [-0.2, 0) is 0 Å². The highest BCUT2D eigenvalue weighted by molar-refractivity contribution is 6.20. The van der Waals surface area contributed by atoms with Gasteiger partial charge in [-0.3, -0.25) is 0 Å². The van der Waals surface area contributed by atoms with Crippen LogP contribution in [0.15, 0.2) is 92.6 Å². The molecule has 0 N–H and O–H groups in total. The fraction of sp³-hybridized carbons (Fsp3) is 0.0370. The molecule has 0 atom stereocenters. The fourth-order valence-electron chi connectivity index (χ4n) is 4.33. The van der Waals surface area contributed by atoms with Crippen molar-refractivity contribution in [2.45, 2.75) is 6.92 Å². The van der Waals surface area contributed by atoms with E-state index < -0.39 is 0 Å². The molecule has 0 saturated heterocycles. The molecule has 0 spiro atoms. The van der Waals surface area contributed by atoms with Gasteiger partial charge in [-0.05, 0) is 67.8 Å². The van der Waals surface area contributed by atoms with E-state index >= 15 is 0 Å². The quantitative estimate of drug-likeness (QED) is 0.324. The molecule has 3 aromatic rings. The second-order valence-electron chi connectivity index (χ2n) is 6.81. The van der Waals surface area contributed by atoms with Crippen molar-refractivity contribution >= 4 is 22.4 Å². The van der Waals surface area contributed by atoms with E-state index in [1.54, 1.807) is 6.08 Å². The molecule has 0 aromatic heterocycles. The Morgan fingerprint density at radius 3 is 2.26 bits per heavy atom. The van der Waals surface area contributed by atoms with Crippen LogP contribution in [0.2, 0.25) is 0 Å². The lowest BCUT2D eigenvalue weighted by Gasteiger charge is -2.20. The second kappa shape index (κ2) is 6.41. The maximum absolute atomic E-state index is 4.40. The molecule has 3 aromatic carbocycles. The third-order valence-corrected chi connectivity index (χ3v) is 5.49. The summed E-state index contributed by atoms with van der Waals surface area (Å²) in [6.07, 6.45) is 7.54. The monoisotopic (exact) mass is 346 g/mol. The molecule has 1 aliphatic carbocycles. The Kier molecular flexibility index (Phi) is 4.05. The molecule has 130 valence electrons. The first-order chi connectivity index (χ1) is 13.1. The first kappa shape index (κ1) is 17.1. The van der Waals surface area contributed by atoms with Crippen molar-refractivity contribution in [1.29, 1.82) is 0 Å². The highest BCUT2D eigenvalue weighted by Crippen LogP contribution is 2.52. The average Bonchev–Trinajstić information content (AvgIpc) is 3.03. The zero-order chi connectivity index (χ0) is 19.1. The van der Waals surface area contributed by atoms with E-state index in [0.717, 1.165) is 22.3 Å². The van der Waals surface area contributed by atoms with Crippen LogP contribution in [0.4, 0.5) is 0 Å². The molecule has 0 heteroatoms. The molecule has 0 fully saturated rings. The van der Waals surface area contributed by atoms with E-state index in [1.807, 2.05) is 18.2 Å². The normalized spacial score (nSPS) is 12.0. The van der Waals surface area contributed by atoms with Crippen molar-refractivity contribution in [3.05, 3.63) is 109 Å². The molecule has 0 bridgehead atoms. The van der Waals surface area contributed by atoms with Crippen LogP contribution in [0.3, 0.4) is 0 Å². The Morgan fingerprint density at radius 1 is 0.889 bits per heavy atom. The minimum absolute atomic E-state index is 0.949. The summed E-state index contributed by atoms with van der Waals surface area (Å²) in [5.74, 6) is 0. The lowest BCUT2D eigenvalue weighted by molar-refractivity contribution is 1.45. The molecule has 1 aliphatic rings. The van der Waals surface area contributed by atoms with Gasteiger partial charge in [0.15, 0.2) is 0 Å². The van der Waals surface area contributed by atoms with Crippen molar-refractivity contribution < 1.29 is 0 Å². The van der Waals surface area contributed by atoms with Crippen LogP contribution in [-0.4, -0.2) is 0 Å². The zero-order valence-corrected chi connectivity index (χ0v) is 15.7. The summed E-state index contributed by atoms with van der Waals surface area (Å²) in [6.45, 7) is 18.5. The third-order valence-electron chi connectivity index (χ3n) is 5.49. The van der Waals surface area contributed by atoms with Crippen LogP contribution < -0.4 is 0 Å². The van der Waals surface area contributed by atoms with Gasteiger partial charge < -0.3 is 0 Å². The first-order valence-corrected chi connectivity index (χ1v) is 9.10. The van der Waals surface area contributed by atoms with Crippen LogP contribution in [0.5, 0.6) is 0 Å². The van der Waals surface area contributed by atoms with Gasteiger partial charge in [-0.2, -0.15) is 0 Å². The largest absolute Gasteiger partial charge is 0.0990 e. The standard InChI is InChI=1S/C27H22/c1-6-12-19(7-2)17(4)25-18(5)21-15-11-16-24-22-13-9-10-14-23(22)26(27(21)24)20(25)8-3/h6-16H,1-4H2,5H3/b19-12+. The molecule has 0 aliphatic heterocycles. The first-order valence-electron chi connectivity index (χ1n) is 9.10. The van der Waals surface area contributed by atoms with Crippen molar-refractivity contribution in [3.63, 3.8) is 0 Å². The second-order valence-corrected chi connectivity index (χ2v) is 6.81. The summed E-state index contributed by atoms with van der Waals surface area (Å²) in [6, 6.07) is 15.2. The van der Waals surface area contributed by atoms with Gasteiger partial charge in [0.1, 0.15) is 0 Å². The number of allylic oxidation sites excluding steroid dienone is 5. The number of fused-ring (bicyclic) bond motifs is 3. The maximum Gasteiger partial charge on any atom is -0.00141 e. The molecule has 0 unspecified atom stereocenters. The van der Waals surface area contributed by atoms with Crippen molar-refractivity contribution in [2.24, 2.45) is 0 Å². The van der Waals surface area contributed by atoms with E-state index in [2.05, 4.69) is 75.7 Å². The highest BCUT2D eigenvalue weighted by atomic mass is 14.3. The van der Waals surface area contributed by atoms with Gasteiger partial charge >= 0.3 is 0 Å². The number of hydrogen-bond acceptors (Lipinski definition) is 0. The van der Waals surface area contributed by atoms with Gasteiger partial charge in [-0.1, -0.05) is 93.1 Å². The van der Waals surface area contributed by atoms with Crippen LogP contribution >= 0.6 is 0 Å². The van der Waals surface area contributed by atoms with Crippen LogP contribution in [0.25, 0.3) is 44.7 Å². The molecule has 0 amide bonds.